The molecule has 0 spiro atoms. The van der Waals surface area contributed by atoms with Crippen LogP contribution in [0.5, 0.6) is 0 Å². The maximum atomic E-state index is 11.8. The van der Waals surface area contributed by atoms with Gasteiger partial charge in [-0.25, -0.2) is 0 Å². The highest BCUT2D eigenvalue weighted by Crippen LogP contribution is 2.45. The maximum absolute atomic E-state index is 11.8. The molecule has 3 nitrogen and oxygen atoms in total. The molecule has 0 amide bonds. The summed E-state index contributed by atoms with van der Waals surface area (Å²) in [5, 5.41) is 11.9. The van der Waals surface area contributed by atoms with E-state index in [2.05, 4.69) is 90.6 Å². The molecular formula is C27H44O3Si2. The predicted molar refractivity (Wildman–Crippen MR) is 141 cm³/mol. The van der Waals surface area contributed by atoms with E-state index >= 15 is 0 Å². The van der Waals surface area contributed by atoms with Crippen molar-refractivity contribution in [1.82, 2.24) is 0 Å². The fraction of sp³-hybridized carbons (Fsp3) is 0.630. The molecule has 1 aromatic rings. The average molecular weight is 473 g/mol. The van der Waals surface area contributed by atoms with Gasteiger partial charge in [-0.15, -0.1) is 12.1 Å². The van der Waals surface area contributed by atoms with Crippen molar-refractivity contribution in [2.45, 2.75) is 96.3 Å². The van der Waals surface area contributed by atoms with Crippen LogP contribution < -0.4 is 0 Å². The quantitative estimate of drug-likeness (QED) is 0.295. The summed E-state index contributed by atoms with van der Waals surface area (Å²) in [6.45, 7) is 24.7. The Morgan fingerprint density at radius 3 is 2.22 bits per heavy atom. The number of aliphatic hydroxyl groups is 1. The zero-order chi connectivity index (χ0) is 24.4. The molecule has 1 fully saturated rings. The smallest absolute Gasteiger partial charge is 0.192 e. The van der Waals surface area contributed by atoms with Crippen LogP contribution in [0, 0.1) is 23.3 Å². The SMILES string of the molecule is C=C[C@H]1[C@@H](OCc2ccccc2)[C@H](O[Si](C)(C)C(C)(C)C)[C@H](C)C[C@]1(O)C#C[Si](C)(C)C. The molecule has 0 heterocycles. The zero-order valence-corrected chi connectivity index (χ0v) is 23.7. The lowest BCUT2D eigenvalue weighted by Crippen LogP contribution is -2.60. The molecule has 178 valence electrons. The number of hydrogen-bond acceptors (Lipinski definition) is 3. The van der Waals surface area contributed by atoms with Crippen LogP contribution in [0.25, 0.3) is 0 Å². The Labute approximate surface area is 198 Å². The summed E-state index contributed by atoms with van der Waals surface area (Å²) in [4.78, 5) is 0. The summed E-state index contributed by atoms with van der Waals surface area (Å²) in [5.74, 6) is 3.08. The third-order valence-electron chi connectivity index (χ3n) is 6.85. The largest absolute Gasteiger partial charge is 0.411 e. The monoisotopic (exact) mass is 472 g/mol. The van der Waals surface area contributed by atoms with Crippen molar-refractivity contribution in [2.24, 2.45) is 11.8 Å². The lowest BCUT2D eigenvalue weighted by atomic mass is 9.68. The van der Waals surface area contributed by atoms with E-state index < -0.39 is 22.0 Å². The van der Waals surface area contributed by atoms with Gasteiger partial charge >= 0.3 is 0 Å². The van der Waals surface area contributed by atoms with Crippen molar-refractivity contribution < 1.29 is 14.3 Å². The van der Waals surface area contributed by atoms with Gasteiger partial charge in [0.15, 0.2) is 8.32 Å². The van der Waals surface area contributed by atoms with E-state index in [0.29, 0.717) is 13.0 Å². The van der Waals surface area contributed by atoms with E-state index in [4.69, 9.17) is 9.16 Å². The number of rotatable bonds is 6. The van der Waals surface area contributed by atoms with Crippen molar-refractivity contribution >= 4 is 16.4 Å². The minimum Gasteiger partial charge on any atom is -0.411 e. The molecule has 1 aromatic carbocycles. The topological polar surface area (TPSA) is 38.7 Å². The fourth-order valence-electron chi connectivity index (χ4n) is 3.97. The van der Waals surface area contributed by atoms with E-state index in [0.717, 1.165) is 5.56 Å². The predicted octanol–water partition coefficient (Wildman–Crippen LogP) is 6.42. The van der Waals surface area contributed by atoms with Crippen LogP contribution in [-0.4, -0.2) is 39.3 Å². The van der Waals surface area contributed by atoms with Crippen LogP contribution in [0.3, 0.4) is 0 Å². The first kappa shape index (κ1) is 27.1. The molecule has 0 unspecified atom stereocenters. The summed E-state index contributed by atoms with van der Waals surface area (Å²) in [6.07, 6.45) is 1.97. The number of ether oxygens (including phenoxy) is 1. The molecule has 1 saturated carbocycles. The van der Waals surface area contributed by atoms with Gasteiger partial charge in [-0.05, 0) is 36.0 Å². The molecule has 0 aliphatic heterocycles. The molecule has 5 atom stereocenters. The molecule has 32 heavy (non-hydrogen) atoms. The first-order valence-electron chi connectivity index (χ1n) is 11.8. The third kappa shape index (κ3) is 6.68. The second kappa shape index (κ2) is 9.99. The lowest BCUT2D eigenvalue weighted by molar-refractivity contribution is -0.154. The van der Waals surface area contributed by atoms with Crippen LogP contribution in [0.2, 0.25) is 37.8 Å². The second-order valence-corrected chi connectivity index (χ2v) is 21.5. The Morgan fingerprint density at radius 2 is 1.72 bits per heavy atom. The van der Waals surface area contributed by atoms with Crippen LogP contribution in [0.4, 0.5) is 0 Å². The Kier molecular flexibility index (Phi) is 8.45. The Bertz CT molecular complexity index is 826. The van der Waals surface area contributed by atoms with Crippen LogP contribution in [0.1, 0.15) is 39.7 Å². The van der Waals surface area contributed by atoms with E-state index in [9.17, 15) is 5.11 Å². The molecule has 1 N–H and O–H groups in total. The second-order valence-electron chi connectivity index (χ2n) is 12.0. The third-order valence-corrected chi connectivity index (χ3v) is 12.2. The highest BCUT2D eigenvalue weighted by Gasteiger charge is 2.53. The maximum Gasteiger partial charge on any atom is 0.192 e. The number of hydrogen-bond donors (Lipinski definition) is 1. The summed E-state index contributed by atoms with van der Waals surface area (Å²) >= 11 is 0. The van der Waals surface area contributed by atoms with Gasteiger partial charge in [0.25, 0.3) is 0 Å². The molecule has 0 aromatic heterocycles. The summed E-state index contributed by atoms with van der Waals surface area (Å²) in [6, 6.07) is 10.2. The highest BCUT2D eigenvalue weighted by atomic mass is 28.4. The van der Waals surface area contributed by atoms with E-state index in [1.807, 2.05) is 24.3 Å². The van der Waals surface area contributed by atoms with Crippen LogP contribution in [-0.2, 0) is 15.8 Å². The molecular weight excluding hydrogens is 428 g/mol. The Balaban J connectivity index is 2.45. The highest BCUT2D eigenvalue weighted by molar-refractivity contribution is 6.83. The van der Waals surface area contributed by atoms with Crippen LogP contribution >= 0.6 is 0 Å². The van der Waals surface area contributed by atoms with Gasteiger partial charge < -0.3 is 14.3 Å². The molecule has 0 bridgehead atoms. The van der Waals surface area contributed by atoms with Crippen molar-refractivity contribution in [1.29, 1.82) is 0 Å². The summed E-state index contributed by atoms with van der Waals surface area (Å²) in [5.41, 5.74) is 3.35. The van der Waals surface area contributed by atoms with Crippen molar-refractivity contribution in [3.05, 3.63) is 48.6 Å². The van der Waals surface area contributed by atoms with E-state index in [1.165, 1.54) is 0 Å². The summed E-state index contributed by atoms with van der Waals surface area (Å²) < 4.78 is 13.5. The van der Waals surface area contributed by atoms with Gasteiger partial charge in [-0.3, -0.25) is 0 Å². The van der Waals surface area contributed by atoms with Crippen molar-refractivity contribution in [2.75, 3.05) is 0 Å². The first-order valence-corrected chi connectivity index (χ1v) is 18.2. The molecule has 1 aliphatic rings. The van der Waals surface area contributed by atoms with Gasteiger partial charge in [0, 0.05) is 5.92 Å². The normalized spacial score (nSPS) is 29.2. The Morgan fingerprint density at radius 1 is 1.12 bits per heavy atom. The van der Waals surface area contributed by atoms with E-state index in [1.54, 1.807) is 0 Å². The Hall–Kier alpha value is -1.17. The van der Waals surface area contributed by atoms with Crippen molar-refractivity contribution in [3.8, 4) is 11.5 Å². The fourth-order valence-corrected chi connectivity index (χ4v) is 5.96. The lowest BCUT2D eigenvalue weighted by Gasteiger charge is -2.51. The van der Waals surface area contributed by atoms with Crippen LogP contribution in [0.15, 0.2) is 43.0 Å². The van der Waals surface area contributed by atoms with Crippen molar-refractivity contribution in [3.63, 3.8) is 0 Å². The molecule has 5 heteroatoms. The first-order chi connectivity index (χ1) is 14.6. The molecule has 1 aliphatic carbocycles. The zero-order valence-electron chi connectivity index (χ0n) is 21.7. The minimum atomic E-state index is -2.05. The molecule has 0 saturated heterocycles. The number of benzene rings is 1. The van der Waals surface area contributed by atoms with Gasteiger partial charge in [0.05, 0.1) is 18.8 Å². The molecule has 2 rings (SSSR count). The van der Waals surface area contributed by atoms with Gasteiger partial charge in [0.2, 0.25) is 0 Å². The van der Waals surface area contributed by atoms with Gasteiger partial charge in [-0.1, -0.05) is 89.7 Å². The van der Waals surface area contributed by atoms with Gasteiger partial charge in [-0.2, -0.15) is 0 Å². The minimum absolute atomic E-state index is 0.0891. The van der Waals surface area contributed by atoms with E-state index in [-0.39, 0.29) is 29.1 Å². The standard InChI is InChI=1S/C27H44O3Si2/c1-11-23-25(29-20-22-15-13-12-14-16-22)24(30-32(9,10)26(3,4)5)21(2)19-27(23,28)17-18-31(6,7)8/h11-16,21,23-25,28H,1,19-20H2,2-10H3/t21-,23+,24-,25-,27-/m1/s1. The van der Waals surface area contributed by atoms with Gasteiger partial charge in [0.1, 0.15) is 13.7 Å². The summed E-state index contributed by atoms with van der Waals surface area (Å²) in [7, 11) is -3.69. The molecule has 0 radical (unpaired) electrons. The average Bonchev–Trinajstić information content (AvgIpc) is 2.66.